The molecule has 4 aliphatic carbocycles. The second-order valence-electron chi connectivity index (χ2n) is 12.5. The number of aliphatic hydroxyl groups is 2. The molecule has 4 rings (SSSR count). The van der Waals surface area contributed by atoms with Crippen LogP contribution in [0.5, 0.6) is 0 Å². The highest BCUT2D eigenvalue weighted by molar-refractivity contribution is 5.94. The molecule has 0 radical (unpaired) electrons. The molecule has 0 aliphatic heterocycles. The number of hydrogen-bond acceptors (Lipinski definition) is 3. The van der Waals surface area contributed by atoms with Crippen LogP contribution in [0.2, 0.25) is 0 Å². The molecule has 0 aromatic rings. The van der Waals surface area contributed by atoms with E-state index in [1.165, 1.54) is 37.7 Å². The Morgan fingerprint density at radius 2 is 1.87 bits per heavy atom. The number of fused-ring (bicyclic) bond motifs is 5. The smallest absolute Gasteiger partial charge is 0.159 e. The standard InChI is InChI=1S/C27H44O3/c1-17(7-6-12-25(2,3)30)20-8-9-21-24-22(11-14-27(20,21)5)26(4)13-10-19(28)15-18(26)16-23(24)29/h16-17,19-22,24,28,30H,6-15H2,1-5H3/t17-,19?,20?,21?,22?,24?,26?,27?/m1/s1. The van der Waals surface area contributed by atoms with Crippen LogP contribution >= 0.6 is 0 Å². The van der Waals surface area contributed by atoms with Gasteiger partial charge in [0.05, 0.1) is 11.7 Å². The maximum atomic E-state index is 13.4. The fourth-order valence-electron chi connectivity index (χ4n) is 8.42. The average Bonchev–Trinajstić information content (AvgIpc) is 2.99. The lowest BCUT2D eigenvalue weighted by Crippen LogP contribution is -2.53. The molecule has 0 saturated heterocycles. The van der Waals surface area contributed by atoms with Crippen LogP contribution in [0.1, 0.15) is 98.8 Å². The van der Waals surface area contributed by atoms with Gasteiger partial charge in [-0.2, -0.15) is 0 Å². The van der Waals surface area contributed by atoms with Crippen LogP contribution in [0.3, 0.4) is 0 Å². The predicted octanol–water partition coefficient (Wildman–Crippen LogP) is 5.68. The van der Waals surface area contributed by atoms with Crippen molar-refractivity contribution in [3.8, 4) is 0 Å². The molecule has 30 heavy (non-hydrogen) atoms. The number of ketones is 1. The summed E-state index contributed by atoms with van der Waals surface area (Å²) in [6.45, 7) is 11.1. The Hall–Kier alpha value is -0.670. The molecule has 8 atom stereocenters. The van der Waals surface area contributed by atoms with Gasteiger partial charge in [0.25, 0.3) is 0 Å². The Bertz CT molecular complexity index is 703. The highest BCUT2D eigenvalue weighted by Gasteiger charge is 2.61. The third kappa shape index (κ3) is 3.72. The first-order chi connectivity index (χ1) is 14.0. The quantitative estimate of drug-likeness (QED) is 0.606. The zero-order valence-corrected chi connectivity index (χ0v) is 19.9. The highest BCUT2D eigenvalue weighted by atomic mass is 16.3. The highest BCUT2D eigenvalue weighted by Crippen LogP contribution is 2.66. The zero-order chi connectivity index (χ0) is 21.9. The SMILES string of the molecule is C[C@H](CCCC(C)(C)O)C1CCC2C3C(=O)C=C4CC(O)CCC4(C)C3CCC21C. The molecule has 0 bridgehead atoms. The van der Waals surface area contributed by atoms with Crippen LogP contribution < -0.4 is 0 Å². The van der Waals surface area contributed by atoms with Crippen LogP contribution in [-0.2, 0) is 4.79 Å². The summed E-state index contributed by atoms with van der Waals surface area (Å²) in [4.78, 5) is 13.4. The minimum Gasteiger partial charge on any atom is -0.393 e. The summed E-state index contributed by atoms with van der Waals surface area (Å²) in [5, 5.41) is 20.3. The predicted molar refractivity (Wildman–Crippen MR) is 121 cm³/mol. The maximum Gasteiger partial charge on any atom is 0.159 e. The van der Waals surface area contributed by atoms with E-state index in [1.54, 1.807) is 0 Å². The van der Waals surface area contributed by atoms with Crippen molar-refractivity contribution in [1.29, 1.82) is 0 Å². The van der Waals surface area contributed by atoms with Gasteiger partial charge in [0, 0.05) is 5.92 Å². The maximum absolute atomic E-state index is 13.4. The summed E-state index contributed by atoms with van der Waals surface area (Å²) in [6, 6.07) is 0. The summed E-state index contributed by atoms with van der Waals surface area (Å²) in [5.41, 5.74) is 1.07. The van der Waals surface area contributed by atoms with Crippen molar-refractivity contribution in [2.75, 3.05) is 0 Å². The van der Waals surface area contributed by atoms with E-state index in [0.717, 1.165) is 25.7 Å². The summed E-state index contributed by atoms with van der Waals surface area (Å²) >= 11 is 0. The van der Waals surface area contributed by atoms with E-state index < -0.39 is 5.60 Å². The van der Waals surface area contributed by atoms with E-state index in [0.29, 0.717) is 35.9 Å². The van der Waals surface area contributed by atoms with Crippen LogP contribution in [-0.4, -0.2) is 27.7 Å². The summed E-state index contributed by atoms with van der Waals surface area (Å²) < 4.78 is 0. The second kappa shape index (κ2) is 7.73. The minimum atomic E-state index is -0.568. The Labute approximate surface area is 183 Å². The van der Waals surface area contributed by atoms with Crippen LogP contribution in [0, 0.1) is 40.4 Å². The Kier molecular flexibility index (Phi) is 5.80. The molecule has 0 spiro atoms. The van der Waals surface area contributed by atoms with Crippen LogP contribution in [0.15, 0.2) is 11.6 Å². The molecule has 0 amide bonds. The topological polar surface area (TPSA) is 57.5 Å². The molecular formula is C27H44O3. The van der Waals surface area contributed by atoms with Gasteiger partial charge in [-0.15, -0.1) is 0 Å². The molecule has 3 heteroatoms. The van der Waals surface area contributed by atoms with Gasteiger partial charge in [0.15, 0.2) is 5.78 Å². The van der Waals surface area contributed by atoms with Crippen molar-refractivity contribution in [3.05, 3.63) is 11.6 Å². The van der Waals surface area contributed by atoms with Crippen molar-refractivity contribution in [2.24, 2.45) is 40.4 Å². The van der Waals surface area contributed by atoms with E-state index >= 15 is 0 Å². The molecule has 3 saturated carbocycles. The average molecular weight is 417 g/mol. The van der Waals surface area contributed by atoms with E-state index in [4.69, 9.17) is 0 Å². The zero-order valence-electron chi connectivity index (χ0n) is 19.9. The molecular weight excluding hydrogens is 372 g/mol. The summed E-state index contributed by atoms with van der Waals surface area (Å²) in [5.74, 6) is 2.91. The fraction of sp³-hybridized carbons (Fsp3) is 0.889. The van der Waals surface area contributed by atoms with Crippen LogP contribution in [0.4, 0.5) is 0 Å². The van der Waals surface area contributed by atoms with E-state index in [2.05, 4.69) is 20.8 Å². The summed E-state index contributed by atoms with van der Waals surface area (Å²) in [6.07, 6.45) is 12.3. The minimum absolute atomic E-state index is 0.121. The van der Waals surface area contributed by atoms with Gasteiger partial charge >= 0.3 is 0 Å². The molecule has 0 heterocycles. The lowest BCUT2D eigenvalue weighted by molar-refractivity contribution is -0.135. The molecule has 0 aromatic heterocycles. The fourth-order valence-corrected chi connectivity index (χ4v) is 8.42. The number of allylic oxidation sites excluding steroid dienone is 1. The number of aliphatic hydroxyl groups excluding tert-OH is 1. The Morgan fingerprint density at radius 3 is 2.57 bits per heavy atom. The number of hydrogen-bond donors (Lipinski definition) is 2. The lowest BCUT2D eigenvalue weighted by atomic mass is 9.46. The molecule has 7 unspecified atom stereocenters. The first kappa shape index (κ1) is 22.5. The molecule has 4 aliphatic rings. The van der Waals surface area contributed by atoms with Gasteiger partial charge in [-0.25, -0.2) is 0 Å². The number of carbonyl (C=O) groups is 1. The Balaban J connectivity index is 1.52. The molecule has 2 N–H and O–H groups in total. The molecule has 0 aromatic carbocycles. The van der Waals surface area contributed by atoms with Gasteiger partial charge in [0.1, 0.15) is 0 Å². The van der Waals surface area contributed by atoms with E-state index in [1.807, 2.05) is 19.9 Å². The van der Waals surface area contributed by atoms with E-state index in [9.17, 15) is 15.0 Å². The first-order valence-electron chi connectivity index (χ1n) is 12.6. The van der Waals surface area contributed by atoms with Crippen LogP contribution in [0.25, 0.3) is 0 Å². The van der Waals surface area contributed by atoms with Gasteiger partial charge in [-0.3, -0.25) is 4.79 Å². The van der Waals surface area contributed by atoms with Crippen molar-refractivity contribution in [1.82, 2.24) is 0 Å². The van der Waals surface area contributed by atoms with Crippen molar-refractivity contribution < 1.29 is 15.0 Å². The third-order valence-electron chi connectivity index (χ3n) is 10.1. The third-order valence-corrected chi connectivity index (χ3v) is 10.1. The van der Waals surface area contributed by atoms with Crippen molar-refractivity contribution in [3.63, 3.8) is 0 Å². The largest absolute Gasteiger partial charge is 0.393 e. The van der Waals surface area contributed by atoms with Crippen molar-refractivity contribution in [2.45, 2.75) is 111 Å². The van der Waals surface area contributed by atoms with E-state index in [-0.39, 0.29) is 22.9 Å². The molecule has 170 valence electrons. The number of rotatable bonds is 5. The van der Waals surface area contributed by atoms with Gasteiger partial charge in [-0.1, -0.05) is 39.2 Å². The van der Waals surface area contributed by atoms with Crippen molar-refractivity contribution >= 4 is 5.78 Å². The summed E-state index contributed by atoms with van der Waals surface area (Å²) in [7, 11) is 0. The van der Waals surface area contributed by atoms with Gasteiger partial charge < -0.3 is 10.2 Å². The Morgan fingerprint density at radius 1 is 1.13 bits per heavy atom. The monoisotopic (exact) mass is 416 g/mol. The first-order valence-corrected chi connectivity index (χ1v) is 12.6. The second-order valence-corrected chi connectivity index (χ2v) is 12.5. The normalized spacial score (nSPS) is 44.7. The number of carbonyl (C=O) groups excluding carboxylic acids is 1. The van der Waals surface area contributed by atoms with Gasteiger partial charge in [0.2, 0.25) is 0 Å². The molecule has 3 fully saturated rings. The molecule has 3 nitrogen and oxygen atoms in total. The lowest BCUT2D eigenvalue weighted by Gasteiger charge is -2.57. The van der Waals surface area contributed by atoms with Gasteiger partial charge in [-0.05, 0) is 106 Å².